The predicted molar refractivity (Wildman–Crippen MR) is 64.2 cm³/mol. The molecule has 1 aliphatic rings. The number of carboxylic acid groups (broad SMARTS) is 1. The molecule has 4 nitrogen and oxygen atoms in total. The molecule has 0 unspecified atom stereocenters. The summed E-state index contributed by atoms with van der Waals surface area (Å²) >= 11 is 0. The van der Waals surface area contributed by atoms with E-state index in [0.29, 0.717) is 5.56 Å². The average Bonchev–Trinajstić information content (AvgIpc) is 2.32. The predicted octanol–water partition coefficient (Wildman–Crippen LogP) is 1.53. The number of benzene rings is 1. The third kappa shape index (κ3) is 3.05. The summed E-state index contributed by atoms with van der Waals surface area (Å²) in [4.78, 5) is 13.3. The number of aromatic carboxylic acids is 1. The standard InChI is InChI=1S/C13H17NO3/c1-10-2-3-11(8-12(10)13(15)16)9-14-4-6-17-7-5-14/h2-3,8H,4-7,9H2,1H3,(H,15,16). The molecule has 1 aliphatic heterocycles. The molecule has 0 spiro atoms. The van der Waals surface area contributed by atoms with Gasteiger partial charge in [0.1, 0.15) is 0 Å². The lowest BCUT2D eigenvalue weighted by Gasteiger charge is -2.26. The van der Waals surface area contributed by atoms with Crippen molar-refractivity contribution in [3.05, 3.63) is 34.9 Å². The first-order valence-corrected chi connectivity index (χ1v) is 5.80. The number of hydrogen-bond donors (Lipinski definition) is 1. The van der Waals surface area contributed by atoms with Gasteiger partial charge in [-0.25, -0.2) is 4.79 Å². The smallest absolute Gasteiger partial charge is 0.335 e. The summed E-state index contributed by atoms with van der Waals surface area (Å²) in [6.45, 7) is 5.97. The lowest BCUT2D eigenvalue weighted by molar-refractivity contribution is 0.0341. The molecule has 2 rings (SSSR count). The molecular weight excluding hydrogens is 218 g/mol. The molecule has 17 heavy (non-hydrogen) atoms. The Morgan fingerprint density at radius 2 is 2.12 bits per heavy atom. The van der Waals surface area contributed by atoms with E-state index in [2.05, 4.69) is 4.90 Å². The Morgan fingerprint density at radius 3 is 2.76 bits per heavy atom. The largest absolute Gasteiger partial charge is 0.478 e. The van der Waals surface area contributed by atoms with E-state index in [-0.39, 0.29) is 0 Å². The zero-order valence-electron chi connectivity index (χ0n) is 9.98. The summed E-state index contributed by atoms with van der Waals surface area (Å²) in [6.07, 6.45) is 0. The number of ether oxygens (including phenoxy) is 1. The Morgan fingerprint density at radius 1 is 1.41 bits per heavy atom. The normalized spacial score (nSPS) is 17.0. The molecule has 0 radical (unpaired) electrons. The van der Waals surface area contributed by atoms with Gasteiger partial charge in [0.2, 0.25) is 0 Å². The number of morpholine rings is 1. The van der Waals surface area contributed by atoms with Crippen molar-refractivity contribution in [1.29, 1.82) is 0 Å². The van der Waals surface area contributed by atoms with E-state index in [4.69, 9.17) is 9.84 Å². The fourth-order valence-electron chi connectivity index (χ4n) is 2.02. The lowest BCUT2D eigenvalue weighted by atomic mass is 10.0. The van der Waals surface area contributed by atoms with Crippen LogP contribution in [0.2, 0.25) is 0 Å². The van der Waals surface area contributed by atoms with Crippen molar-refractivity contribution in [2.75, 3.05) is 26.3 Å². The van der Waals surface area contributed by atoms with Crippen molar-refractivity contribution in [2.24, 2.45) is 0 Å². The molecule has 0 bridgehead atoms. The fourth-order valence-corrected chi connectivity index (χ4v) is 2.02. The van der Waals surface area contributed by atoms with E-state index in [9.17, 15) is 4.79 Å². The molecule has 0 amide bonds. The van der Waals surface area contributed by atoms with Crippen molar-refractivity contribution < 1.29 is 14.6 Å². The van der Waals surface area contributed by atoms with Gasteiger partial charge in [0, 0.05) is 19.6 Å². The van der Waals surface area contributed by atoms with Crippen molar-refractivity contribution in [1.82, 2.24) is 4.90 Å². The highest BCUT2D eigenvalue weighted by atomic mass is 16.5. The molecule has 1 aromatic carbocycles. The minimum Gasteiger partial charge on any atom is -0.478 e. The van der Waals surface area contributed by atoms with Crippen LogP contribution in [0.3, 0.4) is 0 Å². The van der Waals surface area contributed by atoms with Crippen molar-refractivity contribution in [3.63, 3.8) is 0 Å². The third-order valence-corrected chi connectivity index (χ3v) is 3.04. The van der Waals surface area contributed by atoms with Crippen LogP contribution in [0, 0.1) is 6.92 Å². The maximum Gasteiger partial charge on any atom is 0.335 e. The van der Waals surface area contributed by atoms with Crippen LogP contribution >= 0.6 is 0 Å². The third-order valence-electron chi connectivity index (χ3n) is 3.04. The summed E-state index contributed by atoms with van der Waals surface area (Å²) < 4.78 is 5.28. The second-order valence-corrected chi connectivity index (χ2v) is 4.34. The first-order chi connectivity index (χ1) is 8.16. The number of nitrogens with zero attached hydrogens (tertiary/aromatic N) is 1. The molecule has 92 valence electrons. The summed E-state index contributed by atoms with van der Waals surface area (Å²) in [7, 11) is 0. The highest BCUT2D eigenvalue weighted by Gasteiger charge is 2.13. The minimum absolute atomic E-state index is 0.399. The SMILES string of the molecule is Cc1ccc(CN2CCOCC2)cc1C(=O)O. The van der Waals surface area contributed by atoms with E-state index in [1.165, 1.54) is 0 Å². The summed E-state index contributed by atoms with van der Waals surface area (Å²) in [5.74, 6) is -0.855. The van der Waals surface area contributed by atoms with Gasteiger partial charge in [-0.3, -0.25) is 4.90 Å². The summed E-state index contributed by atoms with van der Waals surface area (Å²) in [5.41, 5.74) is 2.26. The summed E-state index contributed by atoms with van der Waals surface area (Å²) in [6, 6.07) is 5.64. The molecule has 1 aromatic rings. The van der Waals surface area contributed by atoms with Crippen LogP contribution in [0.5, 0.6) is 0 Å². The van der Waals surface area contributed by atoms with Gasteiger partial charge < -0.3 is 9.84 Å². The fraction of sp³-hybridized carbons (Fsp3) is 0.462. The van der Waals surface area contributed by atoms with Crippen LogP contribution in [-0.4, -0.2) is 42.3 Å². The molecule has 4 heteroatoms. The Balaban J connectivity index is 2.10. The van der Waals surface area contributed by atoms with Crippen LogP contribution in [0.25, 0.3) is 0 Å². The maximum absolute atomic E-state index is 11.0. The van der Waals surface area contributed by atoms with E-state index < -0.39 is 5.97 Å². The van der Waals surface area contributed by atoms with Gasteiger partial charge in [0.05, 0.1) is 18.8 Å². The van der Waals surface area contributed by atoms with Crippen LogP contribution in [0.15, 0.2) is 18.2 Å². The first-order valence-electron chi connectivity index (χ1n) is 5.80. The number of hydrogen-bond acceptors (Lipinski definition) is 3. The molecule has 0 atom stereocenters. The Labute approximate surface area is 101 Å². The van der Waals surface area contributed by atoms with Crippen molar-refractivity contribution in [2.45, 2.75) is 13.5 Å². The van der Waals surface area contributed by atoms with Crippen molar-refractivity contribution in [3.8, 4) is 0 Å². The molecule has 0 saturated carbocycles. The second-order valence-electron chi connectivity index (χ2n) is 4.34. The van der Waals surface area contributed by atoms with Crippen molar-refractivity contribution >= 4 is 5.97 Å². The van der Waals surface area contributed by atoms with Crippen LogP contribution in [0.4, 0.5) is 0 Å². The minimum atomic E-state index is -0.855. The van der Waals surface area contributed by atoms with E-state index >= 15 is 0 Å². The monoisotopic (exact) mass is 235 g/mol. The quantitative estimate of drug-likeness (QED) is 0.863. The van der Waals surface area contributed by atoms with Crippen LogP contribution < -0.4 is 0 Å². The molecule has 1 fully saturated rings. The second kappa shape index (κ2) is 5.29. The maximum atomic E-state index is 11.0. The van der Waals surface area contributed by atoms with Crippen LogP contribution in [-0.2, 0) is 11.3 Å². The molecule has 0 aromatic heterocycles. The molecular formula is C13H17NO3. The average molecular weight is 235 g/mol. The molecule has 1 saturated heterocycles. The number of rotatable bonds is 3. The van der Waals surface area contributed by atoms with E-state index in [0.717, 1.165) is 44.0 Å². The highest BCUT2D eigenvalue weighted by Crippen LogP contribution is 2.13. The zero-order chi connectivity index (χ0) is 12.3. The zero-order valence-corrected chi connectivity index (χ0v) is 9.98. The van der Waals surface area contributed by atoms with Gasteiger partial charge in [-0.05, 0) is 24.1 Å². The molecule has 0 aliphatic carbocycles. The van der Waals surface area contributed by atoms with Gasteiger partial charge in [-0.15, -0.1) is 0 Å². The number of carboxylic acids is 1. The topological polar surface area (TPSA) is 49.8 Å². The molecule has 1 heterocycles. The number of aryl methyl sites for hydroxylation is 1. The highest BCUT2D eigenvalue weighted by molar-refractivity contribution is 5.89. The van der Waals surface area contributed by atoms with Gasteiger partial charge in [0.25, 0.3) is 0 Å². The Bertz CT molecular complexity index is 411. The summed E-state index contributed by atoms with van der Waals surface area (Å²) in [5, 5.41) is 9.06. The Kier molecular flexibility index (Phi) is 3.76. The first kappa shape index (κ1) is 12.1. The lowest BCUT2D eigenvalue weighted by Crippen LogP contribution is -2.35. The van der Waals surface area contributed by atoms with Gasteiger partial charge in [0.15, 0.2) is 0 Å². The Hall–Kier alpha value is -1.39. The van der Waals surface area contributed by atoms with Gasteiger partial charge in [-0.1, -0.05) is 12.1 Å². The van der Waals surface area contributed by atoms with E-state index in [1.54, 1.807) is 6.07 Å². The van der Waals surface area contributed by atoms with Gasteiger partial charge >= 0.3 is 5.97 Å². The molecule has 1 N–H and O–H groups in total. The van der Waals surface area contributed by atoms with E-state index in [1.807, 2.05) is 19.1 Å². The number of carbonyl (C=O) groups is 1. The van der Waals surface area contributed by atoms with Gasteiger partial charge in [-0.2, -0.15) is 0 Å². The van der Waals surface area contributed by atoms with Crippen LogP contribution in [0.1, 0.15) is 21.5 Å².